The van der Waals surface area contributed by atoms with Gasteiger partial charge in [0.1, 0.15) is 5.75 Å². The molecule has 20 heavy (non-hydrogen) atoms. The smallest absolute Gasteiger partial charge is 0.335 e. The maximum Gasteiger partial charge on any atom is 0.335 e. The number of rotatable bonds is 4. The number of halogens is 1. The molecule has 0 saturated heterocycles. The summed E-state index contributed by atoms with van der Waals surface area (Å²) in [7, 11) is 1.57. The van der Waals surface area contributed by atoms with Gasteiger partial charge in [0.2, 0.25) is 0 Å². The second-order valence-corrected chi connectivity index (χ2v) is 5.00. The van der Waals surface area contributed by atoms with Gasteiger partial charge in [0.15, 0.2) is 0 Å². The first kappa shape index (κ1) is 14.3. The van der Waals surface area contributed by atoms with Gasteiger partial charge < -0.3 is 14.4 Å². The third-order valence-electron chi connectivity index (χ3n) is 2.84. The number of aromatic nitrogens is 1. The van der Waals surface area contributed by atoms with Crippen molar-refractivity contribution in [3.8, 4) is 5.75 Å². The number of carboxylic acid groups (broad SMARTS) is 1. The van der Waals surface area contributed by atoms with Gasteiger partial charge in [-0.1, -0.05) is 15.9 Å². The second kappa shape index (κ2) is 5.92. The topological polar surface area (TPSA) is 68.5 Å². The summed E-state index contributed by atoms with van der Waals surface area (Å²) in [6, 6.07) is 7.98. The summed E-state index contributed by atoms with van der Waals surface area (Å²) in [6.45, 7) is 0.330. The van der Waals surface area contributed by atoms with Crippen molar-refractivity contribution in [1.82, 2.24) is 4.57 Å². The van der Waals surface area contributed by atoms with Crippen LogP contribution in [0, 0.1) is 0 Å². The first-order valence-corrected chi connectivity index (χ1v) is 6.57. The molecule has 0 fully saturated rings. The average Bonchev–Trinajstić information content (AvgIpc) is 2.43. The standard InChI is InChI=1S/C14H12BrNO4/c1-20-11-2-3-12(15)10(6-11)8-16-5-4-9(14(18)19)7-13(16)17/h2-7H,8H2,1H3,(H,18,19). The van der Waals surface area contributed by atoms with Crippen LogP contribution >= 0.6 is 15.9 Å². The van der Waals surface area contributed by atoms with E-state index in [-0.39, 0.29) is 11.1 Å². The van der Waals surface area contributed by atoms with Gasteiger partial charge in [-0.05, 0) is 29.8 Å². The number of ether oxygens (including phenoxy) is 1. The lowest BCUT2D eigenvalue weighted by atomic mass is 10.2. The number of nitrogens with zero attached hydrogens (tertiary/aromatic N) is 1. The molecule has 1 N–H and O–H groups in total. The monoisotopic (exact) mass is 337 g/mol. The van der Waals surface area contributed by atoms with Crippen molar-refractivity contribution in [3.05, 3.63) is 62.5 Å². The van der Waals surface area contributed by atoms with Crippen LogP contribution < -0.4 is 10.3 Å². The zero-order valence-corrected chi connectivity index (χ0v) is 12.3. The molecule has 0 aliphatic rings. The van der Waals surface area contributed by atoms with Crippen LogP contribution in [0.2, 0.25) is 0 Å². The first-order chi connectivity index (χ1) is 9.51. The molecule has 0 saturated carbocycles. The minimum absolute atomic E-state index is 0.0176. The first-order valence-electron chi connectivity index (χ1n) is 5.77. The molecule has 1 heterocycles. The van der Waals surface area contributed by atoms with E-state index in [1.54, 1.807) is 7.11 Å². The van der Waals surface area contributed by atoms with Crippen LogP contribution in [0.5, 0.6) is 5.75 Å². The second-order valence-electron chi connectivity index (χ2n) is 4.14. The predicted octanol–water partition coefficient (Wildman–Crippen LogP) is 2.37. The van der Waals surface area contributed by atoms with Crippen molar-refractivity contribution in [2.45, 2.75) is 6.54 Å². The SMILES string of the molecule is COc1ccc(Br)c(Cn2ccc(C(=O)O)cc2=O)c1. The van der Waals surface area contributed by atoms with Gasteiger partial charge in [0.25, 0.3) is 5.56 Å². The molecule has 0 radical (unpaired) electrons. The van der Waals surface area contributed by atoms with Crippen LogP contribution in [-0.4, -0.2) is 22.8 Å². The highest BCUT2D eigenvalue weighted by Gasteiger charge is 2.07. The van der Waals surface area contributed by atoms with Crippen molar-refractivity contribution in [2.24, 2.45) is 0 Å². The number of hydrogen-bond acceptors (Lipinski definition) is 3. The van der Waals surface area contributed by atoms with Crippen molar-refractivity contribution in [3.63, 3.8) is 0 Å². The molecule has 6 heteroatoms. The van der Waals surface area contributed by atoms with Crippen LogP contribution in [0.15, 0.2) is 45.8 Å². The molecule has 0 amide bonds. The summed E-state index contributed by atoms with van der Waals surface area (Å²) < 4.78 is 7.43. The summed E-state index contributed by atoms with van der Waals surface area (Å²) in [5, 5.41) is 8.83. The lowest BCUT2D eigenvalue weighted by Gasteiger charge is -2.09. The Morgan fingerprint density at radius 1 is 1.35 bits per heavy atom. The number of benzene rings is 1. The Bertz CT molecular complexity index is 709. The summed E-state index contributed by atoms with van der Waals surface area (Å²) >= 11 is 3.41. The Morgan fingerprint density at radius 3 is 2.70 bits per heavy atom. The van der Waals surface area contributed by atoms with Crippen molar-refractivity contribution in [2.75, 3.05) is 7.11 Å². The molecule has 0 aliphatic carbocycles. The van der Waals surface area contributed by atoms with E-state index in [0.29, 0.717) is 12.3 Å². The highest BCUT2D eigenvalue weighted by molar-refractivity contribution is 9.10. The number of aromatic carboxylic acids is 1. The van der Waals surface area contributed by atoms with Crippen LogP contribution in [0.4, 0.5) is 0 Å². The van der Waals surface area contributed by atoms with Crippen LogP contribution in [0.25, 0.3) is 0 Å². The zero-order valence-electron chi connectivity index (χ0n) is 10.7. The van der Waals surface area contributed by atoms with Gasteiger partial charge in [-0.3, -0.25) is 4.79 Å². The molecule has 5 nitrogen and oxygen atoms in total. The van der Waals surface area contributed by atoms with Crippen LogP contribution in [0.1, 0.15) is 15.9 Å². The molecule has 1 aromatic carbocycles. The predicted molar refractivity (Wildman–Crippen MR) is 77.5 cm³/mol. The minimum atomic E-state index is -1.11. The number of methoxy groups -OCH3 is 1. The van der Waals surface area contributed by atoms with Gasteiger partial charge in [-0.15, -0.1) is 0 Å². The van der Waals surface area contributed by atoms with E-state index in [4.69, 9.17) is 9.84 Å². The van der Waals surface area contributed by atoms with E-state index < -0.39 is 5.97 Å². The summed E-state index contributed by atoms with van der Waals surface area (Å²) in [5.41, 5.74) is 0.491. The Balaban J connectivity index is 2.35. The molecule has 2 aromatic rings. The van der Waals surface area contributed by atoms with Gasteiger partial charge >= 0.3 is 5.97 Å². The normalized spacial score (nSPS) is 10.3. The number of pyridine rings is 1. The van der Waals surface area contributed by atoms with Crippen molar-refractivity contribution < 1.29 is 14.6 Å². The van der Waals surface area contributed by atoms with E-state index in [1.807, 2.05) is 18.2 Å². The highest BCUT2D eigenvalue weighted by Crippen LogP contribution is 2.22. The Morgan fingerprint density at radius 2 is 2.10 bits per heavy atom. The Kier molecular flexibility index (Phi) is 4.24. The Hall–Kier alpha value is -2.08. The van der Waals surface area contributed by atoms with Crippen LogP contribution in [0.3, 0.4) is 0 Å². The average molecular weight is 338 g/mol. The van der Waals surface area contributed by atoms with Gasteiger partial charge in [0, 0.05) is 16.7 Å². The van der Waals surface area contributed by atoms with Crippen molar-refractivity contribution >= 4 is 21.9 Å². The third kappa shape index (κ3) is 3.08. The van der Waals surface area contributed by atoms with E-state index in [1.165, 1.54) is 16.8 Å². The quantitative estimate of drug-likeness (QED) is 0.929. The lowest BCUT2D eigenvalue weighted by Crippen LogP contribution is -2.21. The molecular weight excluding hydrogens is 326 g/mol. The molecule has 0 spiro atoms. The minimum Gasteiger partial charge on any atom is -0.497 e. The third-order valence-corrected chi connectivity index (χ3v) is 3.61. The summed E-state index contributed by atoms with van der Waals surface area (Å²) in [6.07, 6.45) is 1.47. The molecule has 0 atom stereocenters. The highest BCUT2D eigenvalue weighted by atomic mass is 79.9. The largest absolute Gasteiger partial charge is 0.497 e. The van der Waals surface area contributed by atoms with Gasteiger partial charge in [0.05, 0.1) is 19.2 Å². The molecule has 0 aliphatic heterocycles. The van der Waals surface area contributed by atoms with Crippen LogP contribution in [-0.2, 0) is 6.54 Å². The number of carboxylic acids is 1. The fourth-order valence-corrected chi connectivity index (χ4v) is 2.13. The maximum absolute atomic E-state index is 11.9. The molecule has 104 valence electrons. The fourth-order valence-electron chi connectivity index (χ4n) is 1.75. The molecule has 2 rings (SSSR count). The van der Waals surface area contributed by atoms with Crippen molar-refractivity contribution in [1.29, 1.82) is 0 Å². The Labute approximate surface area is 123 Å². The molecule has 0 bridgehead atoms. The van der Waals surface area contributed by atoms with Gasteiger partial charge in [-0.2, -0.15) is 0 Å². The molecular formula is C14H12BrNO4. The zero-order chi connectivity index (χ0) is 14.7. The maximum atomic E-state index is 11.9. The van der Waals surface area contributed by atoms with E-state index in [2.05, 4.69) is 15.9 Å². The van der Waals surface area contributed by atoms with E-state index in [0.717, 1.165) is 16.1 Å². The molecule has 0 unspecified atom stereocenters. The number of carbonyl (C=O) groups is 1. The summed E-state index contributed by atoms with van der Waals surface area (Å²) in [4.78, 5) is 22.7. The van der Waals surface area contributed by atoms with E-state index >= 15 is 0 Å². The summed E-state index contributed by atoms with van der Waals surface area (Å²) in [5.74, 6) is -0.421. The van der Waals surface area contributed by atoms with Gasteiger partial charge in [-0.25, -0.2) is 4.79 Å². The fraction of sp³-hybridized carbons (Fsp3) is 0.143. The van der Waals surface area contributed by atoms with E-state index in [9.17, 15) is 9.59 Å². The lowest BCUT2D eigenvalue weighted by molar-refractivity contribution is 0.0696. The number of hydrogen-bond donors (Lipinski definition) is 1. The molecule has 1 aromatic heterocycles.